The molecule has 136 valence electrons. The zero-order valence-corrected chi connectivity index (χ0v) is 15.6. The Bertz CT molecular complexity index is 1020. The Morgan fingerprint density at radius 2 is 1.85 bits per heavy atom. The highest BCUT2D eigenvalue weighted by Crippen LogP contribution is 2.49. The molecule has 0 saturated heterocycles. The molecule has 0 fully saturated rings. The van der Waals surface area contributed by atoms with Crippen LogP contribution in [0.3, 0.4) is 0 Å². The topological polar surface area (TPSA) is 93.7 Å². The van der Waals surface area contributed by atoms with E-state index in [1.807, 2.05) is 0 Å². The normalized spacial score (nSPS) is 20.4. The predicted octanol–water partition coefficient (Wildman–Crippen LogP) is 2.69. The lowest BCUT2D eigenvalue weighted by molar-refractivity contribution is -0.156. The summed E-state index contributed by atoms with van der Waals surface area (Å²) in [6.07, 6.45) is 0. The number of hydrogen-bond donors (Lipinski definition) is 2. The summed E-state index contributed by atoms with van der Waals surface area (Å²) >= 11 is 3.33. The van der Waals surface area contributed by atoms with E-state index in [9.17, 15) is 14.4 Å². The maximum Gasteiger partial charge on any atom is 0.357 e. The van der Waals surface area contributed by atoms with Gasteiger partial charge in [0, 0.05) is 21.4 Å². The van der Waals surface area contributed by atoms with Crippen molar-refractivity contribution in [1.29, 1.82) is 0 Å². The van der Waals surface area contributed by atoms with Crippen LogP contribution in [0.1, 0.15) is 5.56 Å². The van der Waals surface area contributed by atoms with Crippen LogP contribution in [0.4, 0.5) is 11.4 Å². The van der Waals surface area contributed by atoms with Gasteiger partial charge in [-0.05, 0) is 30.3 Å². The number of methoxy groups -OCH3 is 1. The zero-order valence-electron chi connectivity index (χ0n) is 14.0. The van der Waals surface area contributed by atoms with Crippen molar-refractivity contribution < 1.29 is 23.9 Å². The highest BCUT2D eigenvalue weighted by atomic mass is 79.9. The lowest BCUT2D eigenvalue weighted by Gasteiger charge is -2.22. The number of carbonyl (C=O) groups excluding carboxylic acids is 3. The standard InChI is InChI=1S/C19H13BrN2O5/c1-26-16(23)14-15(21-11-8-6-10(20)7-9-11)17(24)27-19(14)12-4-2-3-5-13(12)22-18(19)25/h2-9,21H,1H3,(H,22,25)/t19-/m0/s1. The summed E-state index contributed by atoms with van der Waals surface area (Å²) in [6, 6.07) is 13.7. The van der Waals surface area contributed by atoms with Crippen molar-refractivity contribution in [2.24, 2.45) is 0 Å². The molecule has 2 aliphatic rings. The minimum Gasteiger partial charge on any atom is -0.465 e. The van der Waals surface area contributed by atoms with Gasteiger partial charge in [-0.2, -0.15) is 0 Å². The van der Waals surface area contributed by atoms with Gasteiger partial charge in [0.05, 0.1) is 7.11 Å². The fourth-order valence-electron chi connectivity index (χ4n) is 3.24. The minimum absolute atomic E-state index is 0.129. The second kappa shape index (κ2) is 6.24. The van der Waals surface area contributed by atoms with Crippen molar-refractivity contribution >= 4 is 45.2 Å². The molecule has 0 bridgehead atoms. The van der Waals surface area contributed by atoms with Crippen molar-refractivity contribution in [3.05, 3.63) is 69.8 Å². The van der Waals surface area contributed by atoms with E-state index in [1.165, 1.54) is 7.11 Å². The minimum atomic E-state index is -1.88. The molecular formula is C19H13BrN2O5. The first-order chi connectivity index (χ1) is 13.0. The number of halogens is 1. The van der Waals surface area contributed by atoms with Crippen LogP contribution in [0, 0.1) is 0 Å². The van der Waals surface area contributed by atoms with E-state index >= 15 is 0 Å². The molecule has 0 radical (unpaired) electrons. The Morgan fingerprint density at radius 3 is 2.56 bits per heavy atom. The Hall–Kier alpha value is -3.13. The summed E-state index contributed by atoms with van der Waals surface area (Å²) in [5.74, 6) is -2.26. The Labute approximate surface area is 162 Å². The van der Waals surface area contributed by atoms with Gasteiger partial charge in [-0.1, -0.05) is 34.1 Å². The molecule has 0 saturated carbocycles. The average Bonchev–Trinajstić information content (AvgIpc) is 3.11. The fraction of sp³-hybridized carbons (Fsp3) is 0.105. The summed E-state index contributed by atoms with van der Waals surface area (Å²) < 4.78 is 11.2. The van der Waals surface area contributed by atoms with E-state index in [-0.39, 0.29) is 11.3 Å². The largest absolute Gasteiger partial charge is 0.465 e. The molecule has 0 aliphatic carbocycles. The van der Waals surface area contributed by atoms with Crippen molar-refractivity contribution in [3.63, 3.8) is 0 Å². The molecule has 1 amide bonds. The number of ether oxygens (including phenoxy) is 2. The first-order valence-corrected chi connectivity index (χ1v) is 8.76. The Morgan fingerprint density at radius 1 is 1.15 bits per heavy atom. The monoisotopic (exact) mass is 428 g/mol. The Balaban J connectivity index is 1.90. The van der Waals surface area contributed by atoms with Crippen molar-refractivity contribution in [2.75, 3.05) is 17.7 Å². The molecule has 2 heterocycles. The van der Waals surface area contributed by atoms with Crippen LogP contribution in [0.5, 0.6) is 0 Å². The summed E-state index contributed by atoms with van der Waals surface area (Å²) in [4.78, 5) is 38.1. The molecule has 0 unspecified atom stereocenters. The zero-order chi connectivity index (χ0) is 19.2. The maximum absolute atomic E-state index is 12.8. The first kappa shape index (κ1) is 17.3. The van der Waals surface area contributed by atoms with E-state index in [0.29, 0.717) is 16.9 Å². The van der Waals surface area contributed by atoms with Crippen molar-refractivity contribution in [2.45, 2.75) is 5.60 Å². The van der Waals surface area contributed by atoms with Crippen LogP contribution in [-0.2, 0) is 29.5 Å². The molecule has 0 aromatic heterocycles. The number of esters is 2. The third kappa shape index (κ3) is 2.52. The van der Waals surface area contributed by atoms with Gasteiger partial charge in [-0.25, -0.2) is 9.59 Å². The van der Waals surface area contributed by atoms with E-state index in [4.69, 9.17) is 9.47 Å². The fourth-order valence-corrected chi connectivity index (χ4v) is 3.50. The molecule has 1 atom stereocenters. The summed E-state index contributed by atoms with van der Waals surface area (Å²) in [5, 5.41) is 5.55. The number of benzene rings is 2. The van der Waals surface area contributed by atoms with Crippen LogP contribution in [-0.4, -0.2) is 25.0 Å². The van der Waals surface area contributed by atoms with Crippen LogP contribution in [0.15, 0.2) is 64.3 Å². The van der Waals surface area contributed by atoms with Crippen LogP contribution < -0.4 is 10.6 Å². The number of hydrogen-bond acceptors (Lipinski definition) is 6. The number of carbonyl (C=O) groups is 3. The van der Waals surface area contributed by atoms with Gasteiger partial charge in [-0.3, -0.25) is 4.79 Å². The molecule has 27 heavy (non-hydrogen) atoms. The molecule has 1 spiro atoms. The van der Waals surface area contributed by atoms with E-state index in [1.54, 1.807) is 48.5 Å². The lowest BCUT2D eigenvalue weighted by Crippen LogP contribution is -2.39. The van der Waals surface area contributed by atoms with Gasteiger partial charge in [0.15, 0.2) is 0 Å². The van der Waals surface area contributed by atoms with Crippen molar-refractivity contribution in [1.82, 2.24) is 0 Å². The van der Waals surface area contributed by atoms with Gasteiger partial charge in [-0.15, -0.1) is 0 Å². The summed E-state index contributed by atoms with van der Waals surface area (Å²) in [7, 11) is 1.18. The van der Waals surface area contributed by atoms with Crippen LogP contribution in [0.25, 0.3) is 0 Å². The molecule has 8 heteroatoms. The number of amides is 1. The molecule has 7 nitrogen and oxygen atoms in total. The first-order valence-electron chi connectivity index (χ1n) is 7.97. The van der Waals surface area contributed by atoms with Crippen LogP contribution in [0.2, 0.25) is 0 Å². The lowest BCUT2D eigenvalue weighted by atomic mass is 9.87. The molecule has 2 aliphatic heterocycles. The van der Waals surface area contributed by atoms with E-state index in [0.717, 1.165) is 4.47 Å². The molecular weight excluding hydrogens is 416 g/mol. The third-order valence-corrected chi connectivity index (χ3v) is 4.96. The molecule has 4 rings (SSSR count). The van der Waals surface area contributed by atoms with E-state index < -0.39 is 23.4 Å². The number of anilines is 2. The molecule has 2 aromatic carbocycles. The number of rotatable bonds is 3. The van der Waals surface area contributed by atoms with Crippen molar-refractivity contribution in [3.8, 4) is 0 Å². The van der Waals surface area contributed by atoms with Crippen LogP contribution >= 0.6 is 15.9 Å². The summed E-state index contributed by atoms with van der Waals surface area (Å²) in [5.41, 5.74) is -0.775. The molecule has 2 N–H and O–H groups in total. The quantitative estimate of drug-likeness (QED) is 0.729. The SMILES string of the molecule is COC(=O)C1=C(Nc2ccc(Br)cc2)C(=O)O[C@]12C(=O)Nc1ccccc12. The number of fused-ring (bicyclic) bond motifs is 2. The highest BCUT2D eigenvalue weighted by molar-refractivity contribution is 9.10. The predicted molar refractivity (Wildman–Crippen MR) is 99.6 cm³/mol. The third-order valence-electron chi connectivity index (χ3n) is 4.43. The number of para-hydroxylation sites is 1. The molecule has 2 aromatic rings. The highest BCUT2D eigenvalue weighted by Gasteiger charge is 2.62. The van der Waals surface area contributed by atoms with Gasteiger partial charge in [0.2, 0.25) is 0 Å². The Kier molecular flexibility index (Phi) is 4.00. The van der Waals surface area contributed by atoms with Gasteiger partial charge >= 0.3 is 11.9 Å². The van der Waals surface area contributed by atoms with Gasteiger partial charge in [0.25, 0.3) is 11.5 Å². The van der Waals surface area contributed by atoms with Gasteiger partial charge in [0.1, 0.15) is 11.3 Å². The smallest absolute Gasteiger partial charge is 0.357 e. The second-order valence-electron chi connectivity index (χ2n) is 5.94. The second-order valence-corrected chi connectivity index (χ2v) is 6.86. The van der Waals surface area contributed by atoms with Gasteiger partial charge < -0.3 is 20.1 Å². The summed E-state index contributed by atoms with van der Waals surface area (Å²) in [6.45, 7) is 0. The number of nitrogens with one attached hydrogen (secondary N) is 2. The van der Waals surface area contributed by atoms with E-state index in [2.05, 4.69) is 26.6 Å². The maximum atomic E-state index is 12.8. The average molecular weight is 429 g/mol.